The fourth-order valence-corrected chi connectivity index (χ4v) is 2.64. The van der Waals surface area contributed by atoms with Crippen molar-refractivity contribution in [2.75, 3.05) is 0 Å². The second-order valence-electron chi connectivity index (χ2n) is 6.39. The maximum Gasteiger partial charge on any atom is 0.140 e. The predicted octanol–water partition coefficient (Wildman–Crippen LogP) is 4.23. The first-order valence-electron chi connectivity index (χ1n) is 7.22. The molecule has 0 aliphatic carbocycles. The van der Waals surface area contributed by atoms with Gasteiger partial charge in [-0.15, -0.1) is 11.3 Å². The van der Waals surface area contributed by atoms with Crippen LogP contribution in [0.2, 0.25) is 0 Å². The van der Waals surface area contributed by atoms with E-state index in [4.69, 9.17) is 4.74 Å². The Hall–Kier alpha value is -1.39. The number of ether oxygens (including phenoxy) is 1. The number of aryl methyl sites for hydroxylation is 2. The molecule has 0 atom stereocenters. The Morgan fingerprint density at radius 2 is 2.00 bits per heavy atom. The molecule has 0 fully saturated rings. The van der Waals surface area contributed by atoms with Crippen LogP contribution in [0, 0.1) is 13.8 Å². The lowest BCUT2D eigenvalue weighted by Gasteiger charge is -2.22. The Labute approximate surface area is 131 Å². The van der Waals surface area contributed by atoms with Gasteiger partial charge in [-0.25, -0.2) is 4.98 Å². The van der Waals surface area contributed by atoms with Crippen molar-refractivity contribution >= 4 is 11.3 Å². The number of hydrogen-bond donors (Lipinski definition) is 1. The molecule has 0 unspecified atom stereocenters. The second kappa shape index (κ2) is 6.58. The quantitative estimate of drug-likeness (QED) is 0.897. The molecule has 4 heteroatoms. The van der Waals surface area contributed by atoms with Crippen molar-refractivity contribution in [3.05, 3.63) is 45.4 Å². The molecular weight excluding hydrogens is 280 g/mol. The fraction of sp³-hybridized carbons (Fsp3) is 0.471. The monoisotopic (exact) mass is 304 g/mol. The molecule has 0 aliphatic heterocycles. The molecule has 2 rings (SSSR count). The van der Waals surface area contributed by atoms with Gasteiger partial charge in [-0.3, -0.25) is 0 Å². The molecule has 1 N–H and O–H groups in total. The summed E-state index contributed by atoms with van der Waals surface area (Å²) in [6.07, 6.45) is 0. The van der Waals surface area contributed by atoms with Crippen molar-refractivity contribution in [1.29, 1.82) is 0 Å². The fourth-order valence-electron chi connectivity index (χ4n) is 1.96. The highest BCUT2D eigenvalue weighted by molar-refractivity contribution is 7.09. The van der Waals surface area contributed by atoms with Crippen molar-refractivity contribution in [3.63, 3.8) is 0 Å². The zero-order chi connectivity index (χ0) is 15.5. The van der Waals surface area contributed by atoms with Crippen LogP contribution in [0.5, 0.6) is 5.75 Å². The highest BCUT2D eigenvalue weighted by Crippen LogP contribution is 2.22. The standard InChI is InChI=1S/C17H24N2OS/c1-12-6-7-15(14(8-12)9-18-17(3,4)5)20-10-16-19-13(2)11-21-16/h6-8,11,18H,9-10H2,1-5H3. The molecule has 0 spiro atoms. The first kappa shape index (κ1) is 16.0. The van der Waals surface area contributed by atoms with Crippen LogP contribution >= 0.6 is 11.3 Å². The Bertz CT molecular complexity index is 599. The van der Waals surface area contributed by atoms with Gasteiger partial charge in [0.15, 0.2) is 0 Å². The molecular formula is C17H24N2OS. The Balaban J connectivity index is 2.07. The van der Waals surface area contributed by atoms with E-state index < -0.39 is 0 Å². The lowest BCUT2D eigenvalue weighted by atomic mass is 10.1. The highest BCUT2D eigenvalue weighted by Gasteiger charge is 2.12. The second-order valence-corrected chi connectivity index (χ2v) is 7.33. The minimum Gasteiger partial charge on any atom is -0.486 e. The Kier molecular flexibility index (Phi) is 5.01. The lowest BCUT2D eigenvalue weighted by molar-refractivity contribution is 0.299. The number of benzene rings is 1. The minimum absolute atomic E-state index is 0.0907. The summed E-state index contributed by atoms with van der Waals surface area (Å²) >= 11 is 1.64. The molecule has 0 bridgehead atoms. The van der Waals surface area contributed by atoms with E-state index in [9.17, 15) is 0 Å². The van der Waals surface area contributed by atoms with Crippen molar-refractivity contribution < 1.29 is 4.74 Å². The van der Waals surface area contributed by atoms with E-state index in [2.05, 4.69) is 61.6 Å². The minimum atomic E-state index is 0.0907. The summed E-state index contributed by atoms with van der Waals surface area (Å²) in [5, 5.41) is 6.58. The molecule has 1 aromatic heterocycles. The zero-order valence-electron chi connectivity index (χ0n) is 13.5. The van der Waals surface area contributed by atoms with E-state index in [0.717, 1.165) is 23.0 Å². The van der Waals surface area contributed by atoms with Gasteiger partial charge in [0.05, 0.1) is 0 Å². The summed E-state index contributed by atoms with van der Waals surface area (Å²) in [5.41, 5.74) is 3.58. The van der Waals surface area contributed by atoms with Gasteiger partial charge in [0.2, 0.25) is 0 Å². The van der Waals surface area contributed by atoms with Gasteiger partial charge in [0, 0.05) is 28.7 Å². The summed E-state index contributed by atoms with van der Waals surface area (Å²) in [6, 6.07) is 6.32. The van der Waals surface area contributed by atoms with Gasteiger partial charge in [0.1, 0.15) is 17.4 Å². The number of thiazole rings is 1. The van der Waals surface area contributed by atoms with E-state index in [1.165, 1.54) is 11.1 Å². The average molecular weight is 304 g/mol. The van der Waals surface area contributed by atoms with Crippen LogP contribution in [0.1, 0.15) is 42.6 Å². The van der Waals surface area contributed by atoms with Crippen LogP contribution in [0.4, 0.5) is 0 Å². The van der Waals surface area contributed by atoms with Crippen molar-refractivity contribution in [2.45, 2.75) is 53.3 Å². The molecule has 0 aliphatic rings. The molecule has 1 aromatic carbocycles. The average Bonchev–Trinajstić information content (AvgIpc) is 2.80. The SMILES string of the molecule is Cc1ccc(OCc2nc(C)cs2)c(CNC(C)(C)C)c1. The summed E-state index contributed by atoms with van der Waals surface area (Å²) < 4.78 is 5.96. The summed E-state index contributed by atoms with van der Waals surface area (Å²) in [7, 11) is 0. The molecule has 2 aromatic rings. The van der Waals surface area contributed by atoms with Gasteiger partial charge in [-0.1, -0.05) is 17.7 Å². The van der Waals surface area contributed by atoms with Gasteiger partial charge in [0.25, 0.3) is 0 Å². The number of hydrogen-bond acceptors (Lipinski definition) is 4. The van der Waals surface area contributed by atoms with Gasteiger partial charge < -0.3 is 10.1 Å². The van der Waals surface area contributed by atoms with E-state index in [1.807, 2.05) is 6.92 Å². The third kappa shape index (κ3) is 5.14. The summed E-state index contributed by atoms with van der Waals surface area (Å²) in [6.45, 7) is 12.0. The van der Waals surface area contributed by atoms with Crippen LogP contribution in [0.15, 0.2) is 23.6 Å². The van der Waals surface area contributed by atoms with Crippen molar-refractivity contribution in [3.8, 4) is 5.75 Å². The predicted molar refractivity (Wildman–Crippen MR) is 89.0 cm³/mol. The topological polar surface area (TPSA) is 34.1 Å². The molecule has 0 saturated heterocycles. The summed E-state index contributed by atoms with van der Waals surface area (Å²) in [4.78, 5) is 4.44. The first-order valence-corrected chi connectivity index (χ1v) is 8.10. The molecule has 0 amide bonds. The maximum atomic E-state index is 5.96. The van der Waals surface area contributed by atoms with Gasteiger partial charge in [-0.2, -0.15) is 0 Å². The highest BCUT2D eigenvalue weighted by atomic mass is 32.1. The largest absolute Gasteiger partial charge is 0.486 e. The number of rotatable bonds is 5. The van der Waals surface area contributed by atoms with Crippen molar-refractivity contribution in [1.82, 2.24) is 10.3 Å². The van der Waals surface area contributed by atoms with Gasteiger partial charge >= 0.3 is 0 Å². The van der Waals surface area contributed by atoms with E-state index >= 15 is 0 Å². The van der Waals surface area contributed by atoms with E-state index in [1.54, 1.807) is 11.3 Å². The molecule has 114 valence electrons. The van der Waals surface area contributed by atoms with Gasteiger partial charge in [-0.05, 0) is 40.7 Å². The molecule has 1 heterocycles. The summed E-state index contributed by atoms with van der Waals surface area (Å²) in [5.74, 6) is 0.935. The maximum absolute atomic E-state index is 5.96. The van der Waals surface area contributed by atoms with E-state index in [-0.39, 0.29) is 5.54 Å². The molecule has 21 heavy (non-hydrogen) atoms. The van der Waals surface area contributed by atoms with Crippen LogP contribution in [-0.4, -0.2) is 10.5 Å². The third-order valence-electron chi connectivity index (χ3n) is 3.04. The van der Waals surface area contributed by atoms with E-state index in [0.29, 0.717) is 6.61 Å². The van der Waals surface area contributed by atoms with Crippen LogP contribution in [-0.2, 0) is 13.2 Å². The zero-order valence-corrected chi connectivity index (χ0v) is 14.3. The number of nitrogens with one attached hydrogen (secondary N) is 1. The molecule has 0 radical (unpaired) electrons. The van der Waals surface area contributed by atoms with Crippen LogP contribution in [0.3, 0.4) is 0 Å². The molecule has 0 saturated carbocycles. The smallest absolute Gasteiger partial charge is 0.140 e. The number of nitrogens with zero attached hydrogens (tertiary/aromatic N) is 1. The lowest BCUT2D eigenvalue weighted by Crippen LogP contribution is -2.35. The number of aromatic nitrogens is 1. The Morgan fingerprint density at radius 1 is 1.24 bits per heavy atom. The van der Waals surface area contributed by atoms with Crippen LogP contribution in [0.25, 0.3) is 0 Å². The van der Waals surface area contributed by atoms with Crippen LogP contribution < -0.4 is 10.1 Å². The third-order valence-corrected chi connectivity index (χ3v) is 3.98. The molecule has 3 nitrogen and oxygen atoms in total. The Morgan fingerprint density at radius 3 is 2.62 bits per heavy atom. The normalized spacial score (nSPS) is 11.7. The van der Waals surface area contributed by atoms with Crippen molar-refractivity contribution in [2.24, 2.45) is 0 Å². The first-order chi connectivity index (χ1) is 9.83.